The minimum Gasteiger partial charge on any atom is -0.312 e. The Kier molecular flexibility index (Phi) is 3.45. The lowest BCUT2D eigenvalue weighted by Crippen LogP contribution is -2.57. The maximum absolute atomic E-state index is 3.68. The van der Waals surface area contributed by atoms with Crippen LogP contribution in [0.5, 0.6) is 0 Å². The van der Waals surface area contributed by atoms with E-state index in [1.807, 2.05) is 0 Å². The molecule has 0 bridgehead atoms. The molecule has 2 rings (SSSR count). The van der Waals surface area contributed by atoms with E-state index in [-0.39, 0.29) is 0 Å². The van der Waals surface area contributed by atoms with E-state index in [9.17, 15) is 0 Å². The van der Waals surface area contributed by atoms with Crippen molar-refractivity contribution in [2.24, 2.45) is 5.92 Å². The van der Waals surface area contributed by atoms with Gasteiger partial charge in [-0.2, -0.15) is 0 Å². The monoisotopic (exact) mass is 196 g/mol. The summed E-state index contributed by atoms with van der Waals surface area (Å²) in [6.07, 6.45) is 5.58. The Labute approximate surface area is 88.1 Å². The molecule has 0 aliphatic carbocycles. The molecular formula is C12H24N2. The van der Waals surface area contributed by atoms with Crippen molar-refractivity contribution in [3.8, 4) is 0 Å². The molecule has 0 aromatic rings. The van der Waals surface area contributed by atoms with Gasteiger partial charge in [0.15, 0.2) is 0 Å². The van der Waals surface area contributed by atoms with Gasteiger partial charge in [-0.05, 0) is 44.7 Å². The predicted octanol–water partition coefficient (Wildman–Crippen LogP) is 1.86. The molecule has 2 aliphatic heterocycles. The quantitative estimate of drug-likeness (QED) is 0.725. The highest BCUT2D eigenvalue weighted by molar-refractivity contribution is 4.92. The van der Waals surface area contributed by atoms with Gasteiger partial charge in [0, 0.05) is 18.6 Å². The maximum Gasteiger partial charge on any atom is 0.0249 e. The summed E-state index contributed by atoms with van der Waals surface area (Å²) in [6, 6.07) is 1.65. The van der Waals surface area contributed by atoms with E-state index in [0.29, 0.717) is 0 Å². The summed E-state index contributed by atoms with van der Waals surface area (Å²) in [7, 11) is 0. The van der Waals surface area contributed by atoms with Crippen LogP contribution >= 0.6 is 0 Å². The fourth-order valence-electron chi connectivity index (χ4n) is 3.04. The second-order valence-electron chi connectivity index (χ2n) is 5.30. The van der Waals surface area contributed by atoms with E-state index < -0.39 is 0 Å². The summed E-state index contributed by atoms with van der Waals surface area (Å²) in [6.45, 7) is 8.54. The van der Waals surface area contributed by atoms with Crippen molar-refractivity contribution in [2.75, 3.05) is 19.6 Å². The second-order valence-corrected chi connectivity index (χ2v) is 5.30. The Morgan fingerprint density at radius 3 is 2.93 bits per heavy atom. The Morgan fingerprint density at radius 2 is 2.14 bits per heavy atom. The van der Waals surface area contributed by atoms with Crippen LogP contribution in [0.2, 0.25) is 0 Å². The van der Waals surface area contributed by atoms with Crippen LogP contribution < -0.4 is 5.32 Å². The second kappa shape index (κ2) is 4.63. The molecular weight excluding hydrogens is 172 g/mol. The third-order valence-electron chi connectivity index (χ3n) is 3.58. The molecule has 1 N–H and O–H groups in total. The van der Waals surface area contributed by atoms with Gasteiger partial charge in [-0.25, -0.2) is 0 Å². The molecule has 2 heteroatoms. The number of likely N-dealkylation sites (tertiary alicyclic amines) is 1. The van der Waals surface area contributed by atoms with Crippen molar-refractivity contribution in [2.45, 2.75) is 51.6 Å². The van der Waals surface area contributed by atoms with Gasteiger partial charge in [-0.1, -0.05) is 13.8 Å². The van der Waals surface area contributed by atoms with E-state index >= 15 is 0 Å². The number of piperidine rings is 2. The molecule has 0 aromatic carbocycles. The molecule has 0 saturated carbocycles. The van der Waals surface area contributed by atoms with Crippen molar-refractivity contribution in [3.05, 3.63) is 0 Å². The molecule has 2 aliphatic rings. The Morgan fingerprint density at radius 1 is 1.29 bits per heavy atom. The third-order valence-corrected chi connectivity index (χ3v) is 3.58. The van der Waals surface area contributed by atoms with Gasteiger partial charge in [0.1, 0.15) is 0 Å². The Bertz CT molecular complexity index is 177. The van der Waals surface area contributed by atoms with Crippen molar-refractivity contribution in [1.82, 2.24) is 10.2 Å². The molecule has 0 aromatic heterocycles. The lowest BCUT2D eigenvalue weighted by Gasteiger charge is -2.45. The number of hydrogen-bond donors (Lipinski definition) is 1. The van der Waals surface area contributed by atoms with E-state index in [1.54, 1.807) is 0 Å². The topological polar surface area (TPSA) is 15.3 Å². The van der Waals surface area contributed by atoms with Gasteiger partial charge in [-0.3, -0.25) is 4.90 Å². The first-order chi connectivity index (χ1) is 6.77. The van der Waals surface area contributed by atoms with Crippen molar-refractivity contribution in [1.29, 1.82) is 0 Å². The van der Waals surface area contributed by atoms with Crippen LogP contribution in [0.25, 0.3) is 0 Å². The predicted molar refractivity (Wildman–Crippen MR) is 60.5 cm³/mol. The molecule has 0 radical (unpaired) electrons. The van der Waals surface area contributed by atoms with Gasteiger partial charge in [0.25, 0.3) is 0 Å². The van der Waals surface area contributed by atoms with E-state index in [1.165, 1.54) is 45.3 Å². The van der Waals surface area contributed by atoms with Crippen LogP contribution in [-0.4, -0.2) is 36.6 Å². The Balaban J connectivity index is 1.94. The number of fused-ring (bicyclic) bond motifs is 1. The Hall–Kier alpha value is -0.0800. The van der Waals surface area contributed by atoms with E-state index in [2.05, 4.69) is 24.1 Å². The normalized spacial score (nSPS) is 34.5. The number of rotatable bonds is 2. The molecule has 2 fully saturated rings. The summed E-state index contributed by atoms with van der Waals surface area (Å²) in [5.74, 6) is 0.815. The van der Waals surface area contributed by atoms with E-state index in [4.69, 9.17) is 0 Å². The fourth-order valence-corrected chi connectivity index (χ4v) is 3.04. The van der Waals surface area contributed by atoms with Gasteiger partial charge >= 0.3 is 0 Å². The summed E-state index contributed by atoms with van der Waals surface area (Å²) >= 11 is 0. The average molecular weight is 196 g/mol. The summed E-state index contributed by atoms with van der Waals surface area (Å²) in [5.41, 5.74) is 0. The van der Waals surface area contributed by atoms with Gasteiger partial charge < -0.3 is 5.32 Å². The van der Waals surface area contributed by atoms with Crippen LogP contribution in [0.3, 0.4) is 0 Å². The number of nitrogens with one attached hydrogen (secondary N) is 1. The molecule has 2 saturated heterocycles. The third kappa shape index (κ3) is 2.29. The molecule has 2 atom stereocenters. The highest BCUT2D eigenvalue weighted by Crippen LogP contribution is 2.24. The van der Waals surface area contributed by atoms with Crippen molar-refractivity contribution >= 4 is 0 Å². The molecule has 14 heavy (non-hydrogen) atoms. The minimum atomic E-state index is 0.802. The van der Waals surface area contributed by atoms with E-state index in [0.717, 1.165) is 18.0 Å². The van der Waals surface area contributed by atoms with Gasteiger partial charge in [0.2, 0.25) is 0 Å². The van der Waals surface area contributed by atoms with Crippen LogP contribution in [0.4, 0.5) is 0 Å². The number of nitrogens with zero attached hydrogens (tertiary/aromatic N) is 1. The first-order valence-corrected chi connectivity index (χ1v) is 6.25. The molecule has 0 amide bonds. The summed E-state index contributed by atoms with van der Waals surface area (Å²) in [5, 5.41) is 3.68. The highest BCUT2D eigenvalue weighted by atomic mass is 15.2. The van der Waals surface area contributed by atoms with Crippen molar-refractivity contribution in [3.63, 3.8) is 0 Å². The van der Waals surface area contributed by atoms with Gasteiger partial charge in [-0.15, -0.1) is 0 Å². The van der Waals surface area contributed by atoms with Crippen LogP contribution in [0.1, 0.15) is 39.5 Å². The largest absolute Gasteiger partial charge is 0.312 e. The number of hydrogen-bond acceptors (Lipinski definition) is 2. The van der Waals surface area contributed by atoms with Crippen LogP contribution in [0, 0.1) is 5.92 Å². The maximum atomic E-state index is 3.68. The average Bonchev–Trinajstić information content (AvgIpc) is 2.18. The lowest BCUT2D eigenvalue weighted by molar-refractivity contribution is 0.0764. The van der Waals surface area contributed by atoms with Gasteiger partial charge in [0.05, 0.1) is 0 Å². The standard InChI is InChI=1S/C12H24N2/c1-10(2)9-14-8-4-5-11-12(14)6-3-7-13-11/h10-13H,3-9H2,1-2H3. The van der Waals surface area contributed by atoms with Crippen molar-refractivity contribution < 1.29 is 0 Å². The smallest absolute Gasteiger partial charge is 0.0249 e. The molecule has 2 nitrogen and oxygen atoms in total. The zero-order chi connectivity index (χ0) is 9.97. The minimum absolute atomic E-state index is 0.802. The first-order valence-electron chi connectivity index (χ1n) is 6.25. The molecule has 82 valence electrons. The summed E-state index contributed by atoms with van der Waals surface area (Å²) < 4.78 is 0. The molecule has 2 heterocycles. The zero-order valence-electron chi connectivity index (χ0n) is 9.63. The molecule has 2 unspecified atom stereocenters. The summed E-state index contributed by atoms with van der Waals surface area (Å²) in [4.78, 5) is 2.73. The van der Waals surface area contributed by atoms with Crippen LogP contribution in [0.15, 0.2) is 0 Å². The molecule has 0 spiro atoms. The SMILES string of the molecule is CC(C)CN1CCCC2NCCCC21. The zero-order valence-corrected chi connectivity index (χ0v) is 9.63. The van der Waals surface area contributed by atoms with Crippen LogP contribution in [-0.2, 0) is 0 Å². The highest BCUT2D eigenvalue weighted by Gasteiger charge is 2.32. The fraction of sp³-hybridized carbons (Fsp3) is 1.00. The first kappa shape index (κ1) is 10.4. The lowest BCUT2D eigenvalue weighted by atomic mass is 9.89.